The first-order valence-electron chi connectivity index (χ1n) is 14.1. The van der Waals surface area contributed by atoms with E-state index in [1.165, 1.54) is 70.6 Å². The normalized spacial score (nSPS) is 47.2. The maximum Gasteiger partial charge on any atom is 0.168 e. The second kappa shape index (κ2) is 8.30. The predicted octanol–water partition coefficient (Wildman–Crippen LogP) is 7.85. The van der Waals surface area contributed by atoms with Gasteiger partial charge in [0.15, 0.2) is 5.79 Å². The summed E-state index contributed by atoms with van der Waals surface area (Å²) in [6, 6.07) is 0. The molecule has 5 rings (SSSR count). The van der Waals surface area contributed by atoms with Crippen LogP contribution in [-0.2, 0) is 9.47 Å². The molecule has 2 heteroatoms. The molecule has 0 aromatic carbocycles. The molecule has 4 saturated carbocycles. The molecule has 0 N–H and O–H groups in total. The zero-order chi connectivity index (χ0) is 21.9. The van der Waals surface area contributed by atoms with Crippen LogP contribution < -0.4 is 0 Å². The lowest BCUT2D eigenvalue weighted by Gasteiger charge is -2.62. The molecule has 5 fully saturated rings. The van der Waals surface area contributed by atoms with E-state index >= 15 is 0 Å². The molecule has 1 saturated heterocycles. The van der Waals surface area contributed by atoms with Gasteiger partial charge in [-0.25, -0.2) is 0 Å². The molecule has 0 radical (unpaired) electrons. The third kappa shape index (κ3) is 3.74. The third-order valence-corrected chi connectivity index (χ3v) is 11.7. The molecule has 178 valence electrons. The van der Waals surface area contributed by atoms with Crippen molar-refractivity contribution in [1.82, 2.24) is 0 Å². The average molecular weight is 431 g/mol. The van der Waals surface area contributed by atoms with Crippen molar-refractivity contribution in [2.75, 3.05) is 13.2 Å². The van der Waals surface area contributed by atoms with E-state index in [0.29, 0.717) is 10.8 Å². The molecule has 1 aliphatic heterocycles. The van der Waals surface area contributed by atoms with Crippen LogP contribution in [0.3, 0.4) is 0 Å². The summed E-state index contributed by atoms with van der Waals surface area (Å²) in [5.74, 6) is 6.32. The van der Waals surface area contributed by atoms with Crippen molar-refractivity contribution in [3.8, 4) is 0 Å². The summed E-state index contributed by atoms with van der Waals surface area (Å²) in [5.41, 5.74) is 1.15. The monoisotopic (exact) mass is 430 g/mol. The van der Waals surface area contributed by atoms with Crippen LogP contribution in [0.15, 0.2) is 0 Å². The Hall–Kier alpha value is -0.0800. The molecule has 0 unspecified atom stereocenters. The molecule has 1 spiro atoms. The van der Waals surface area contributed by atoms with Gasteiger partial charge in [0.05, 0.1) is 13.2 Å². The summed E-state index contributed by atoms with van der Waals surface area (Å²) in [4.78, 5) is 0. The fourth-order valence-electron chi connectivity index (χ4n) is 9.98. The minimum atomic E-state index is -0.204. The number of hydrogen-bond acceptors (Lipinski definition) is 2. The molecule has 0 bridgehead atoms. The van der Waals surface area contributed by atoms with Crippen LogP contribution >= 0.6 is 0 Å². The fourth-order valence-corrected chi connectivity index (χ4v) is 9.98. The van der Waals surface area contributed by atoms with Crippen molar-refractivity contribution in [3.05, 3.63) is 0 Å². The lowest BCUT2D eigenvalue weighted by molar-refractivity contribution is -0.229. The van der Waals surface area contributed by atoms with Gasteiger partial charge in [-0.3, -0.25) is 0 Å². The van der Waals surface area contributed by atoms with E-state index in [9.17, 15) is 0 Å². The first kappa shape index (κ1) is 22.7. The van der Waals surface area contributed by atoms with Gasteiger partial charge in [-0.1, -0.05) is 53.9 Å². The van der Waals surface area contributed by atoms with Gasteiger partial charge in [0.25, 0.3) is 0 Å². The summed E-state index contributed by atoms with van der Waals surface area (Å²) < 4.78 is 12.3. The van der Waals surface area contributed by atoms with Gasteiger partial charge < -0.3 is 9.47 Å². The minimum absolute atomic E-state index is 0.204. The van der Waals surface area contributed by atoms with Crippen LogP contribution in [-0.4, -0.2) is 19.0 Å². The van der Waals surface area contributed by atoms with Crippen molar-refractivity contribution in [2.24, 2.45) is 52.3 Å². The standard InChI is InChI=1S/C29H50O2/c1-20(2)7-6-8-21(3)24-11-12-25-23-10-9-22-19-29(30-17-18-31-29)16-15-27(22,4)26(23)13-14-28(24,25)5/h20-26H,6-19H2,1-5H3/t21-,22+,23+,24-,25+,26+,27+,28-/m1/s1. The maximum absolute atomic E-state index is 6.16. The maximum atomic E-state index is 6.16. The highest BCUT2D eigenvalue weighted by Gasteiger charge is 2.62. The third-order valence-electron chi connectivity index (χ3n) is 11.7. The second-order valence-electron chi connectivity index (χ2n) is 13.5. The van der Waals surface area contributed by atoms with Crippen LogP contribution in [0.4, 0.5) is 0 Å². The van der Waals surface area contributed by atoms with E-state index in [2.05, 4.69) is 34.6 Å². The van der Waals surface area contributed by atoms with Gasteiger partial charge in [-0.05, 0) is 97.2 Å². The lowest BCUT2D eigenvalue weighted by Crippen LogP contribution is -2.56. The summed E-state index contributed by atoms with van der Waals surface area (Å²) >= 11 is 0. The topological polar surface area (TPSA) is 18.5 Å². The van der Waals surface area contributed by atoms with E-state index in [0.717, 1.165) is 61.1 Å². The zero-order valence-corrected chi connectivity index (χ0v) is 21.3. The quantitative estimate of drug-likeness (QED) is 0.442. The van der Waals surface area contributed by atoms with Gasteiger partial charge in [-0.15, -0.1) is 0 Å². The second-order valence-corrected chi connectivity index (χ2v) is 13.5. The van der Waals surface area contributed by atoms with E-state index in [4.69, 9.17) is 9.47 Å². The Kier molecular flexibility index (Phi) is 6.08. The summed E-state index contributed by atoms with van der Waals surface area (Å²) in [6.45, 7) is 14.4. The highest BCUT2D eigenvalue weighted by molar-refractivity contribution is 5.10. The van der Waals surface area contributed by atoms with Gasteiger partial charge in [-0.2, -0.15) is 0 Å². The molecule has 0 aromatic rings. The Labute approximate surface area is 192 Å². The Morgan fingerprint density at radius 3 is 2.26 bits per heavy atom. The van der Waals surface area contributed by atoms with Gasteiger partial charge >= 0.3 is 0 Å². The van der Waals surface area contributed by atoms with Crippen LogP contribution in [0, 0.1) is 52.3 Å². The van der Waals surface area contributed by atoms with E-state index < -0.39 is 0 Å². The first-order valence-corrected chi connectivity index (χ1v) is 14.1. The van der Waals surface area contributed by atoms with Gasteiger partial charge in [0, 0.05) is 12.8 Å². The average Bonchev–Trinajstić information content (AvgIpc) is 3.32. The Morgan fingerprint density at radius 2 is 1.52 bits per heavy atom. The molecule has 8 atom stereocenters. The van der Waals surface area contributed by atoms with E-state index in [1.54, 1.807) is 0 Å². The van der Waals surface area contributed by atoms with Gasteiger partial charge in [0.2, 0.25) is 0 Å². The molecule has 2 nitrogen and oxygen atoms in total. The predicted molar refractivity (Wildman–Crippen MR) is 128 cm³/mol. The number of hydrogen-bond donors (Lipinski definition) is 0. The lowest BCUT2D eigenvalue weighted by atomic mass is 9.44. The van der Waals surface area contributed by atoms with E-state index in [1.807, 2.05) is 0 Å². The number of ether oxygens (including phenoxy) is 2. The Bertz CT molecular complexity index is 637. The minimum Gasteiger partial charge on any atom is -0.348 e. The Balaban J connectivity index is 1.28. The van der Waals surface area contributed by atoms with Crippen molar-refractivity contribution in [1.29, 1.82) is 0 Å². The van der Waals surface area contributed by atoms with Crippen LogP contribution in [0.1, 0.15) is 112 Å². The molecule has 0 amide bonds. The summed E-state index contributed by atoms with van der Waals surface area (Å²) in [7, 11) is 0. The van der Waals surface area contributed by atoms with Crippen LogP contribution in [0.5, 0.6) is 0 Å². The molecular weight excluding hydrogens is 380 g/mol. The molecule has 1 heterocycles. The van der Waals surface area contributed by atoms with Crippen LogP contribution in [0.25, 0.3) is 0 Å². The smallest absolute Gasteiger partial charge is 0.168 e. The van der Waals surface area contributed by atoms with Crippen molar-refractivity contribution >= 4 is 0 Å². The number of rotatable bonds is 5. The zero-order valence-electron chi connectivity index (χ0n) is 21.3. The highest BCUT2D eigenvalue weighted by Crippen LogP contribution is 2.69. The van der Waals surface area contributed by atoms with Crippen molar-refractivity contribution < 1.29 is 9.47 Å². The molecule has 4 aliphatic carbocycles. The van der Waals surface area contributed by atoms with Crippen molar-refractivity contribution in [2.45, 2.75) is 117 Å². The molecule has 31 heavy (non-hydrogen) atoms. The highest BCUT2D eigenvalue weighted by atomic mass is 16.7. The number of fused-ring (bicyclic) bond motifs is 5. The Morgan fingerprint density at radius 1 is 0.774 bits per heavy atom. The van der Waals surface area contributed by atoms with Crippen molar-refractivity contribution in [3.63, 3.8) is 0 Å². The first-order chi connectivity index (χ1) is 14.8. The SMILES string of the molecule is CC(C)CCC[C@@H](C)[C@H]1CC[C@H]2[C@@H]3CC[C@H]4CC5(CC[C@]4(C)[C@H]3CC[C@]12C)OCCO5. The largest absolute Gasteiger partial charge is 0.348 e. The summed E-state index contributed by atoms with van der Waals surface area (Å²) in [6.07, 6.45) is 16.9. The van der Waals surface area contributed by atoms with Gasteiger partial charge in [0.1, 0.15) is 0 Å². The molecule has 0 aromatic heterocycles. The molecular formula is C29H50O2. The fraction of sp³-hybridized carbons (Fsp3) is 1.00. The van der Waals surface area contributed by atoms with Crippen LogP contribution in [0.2, 0.25) is 0 Å². The van der Waals surface area contributed by atoms with E-state index in [-0.39, 0.29) is 5.79 Å². The molecule has 5 aliphatic rings. The summed E-state index contributed by atoms with van der Waals surface area (Å²) in [5, 5.41) is 0.